The first-order chi connectivity index (χ1) is 8.33. The second kappa shape index (κ2) is 5.55. The predicted octanol–water partition coefficient (Wildman–Crippen LogP) is 1.14. The number of hydrogen-bond acceptors (Lipinski definition) is 4. The molecule has 2 rings (SSSR count). The molecule has 17 heavy (non-hydrogen) atoms. The van der Waals surface area contributed by atoms with Crippen LogP contribution in [0.5, 0.6) is 0 Å². The number of aromatic nitrogens is 3. The Morgan fingerprint density at radius 2 is 2.35 bits per heavy atom. The Bertz CT molecular complexity index is 595. The Balaban J connectivity index is 2.02. The van der Waals surface area contributed by atoms with E-state index in [2.05, 4.69) is 11.2 Å². The van der Waals surface area contributed by atoms with Crippen molar-refractivity contribution in [2.45, 2.75) is 13.0 Å². The minimum atomic E-state index is -0.106. The molecule has 0 saturated heterocycles. The smallest absolute Gasteiger partial charge is 0.250 e. The van der Waals surface area contributed by atoms with Gasteiger partial charge in [-0.05, 0) is 24.3 Å². The van der Waals surface area contributed by atoms with Gasteiger partial charge in [0.1, 0.15) is 0 Å². The summed E-state index contributed by atoms with van der Waals surface area (Å²) in [6, 6.07) is 7.55. The maximum Gasteiger partial charge on any atom is 0.350 e. The van der Waals surface area contributed by atoms with Crippen LogP contribution in [0.1, 0.15) is 6.42 Å². The van der Waals surface area contributed by atoms with Crippen LogP contribution < -0.4 is 5.69 Å². The van der Waals surface area contributed by atoms with Crippen LogP contribution in [0, 0.1) is 11.3 Å². The van der Waals surface area contributed by atoms with E-state index in [9.17, 15) is 4.79 Å². The van der Waals surface area contributed by atoms with E-state index in [1.165, 1.54) is 9.08 Å². The Kier molecular flexibility index (Phi) is 3.83. The number of thioether (sulfide) groups is 1. The SMILES string of the molecule is N#CCSCCCn1nc2ccccn2c1=O. The molecule has 0 spiro atoms. The standard InChI is InChI=1S/C11H12N4OS/c12-5-9-17-8-3-7-15-11(16)14-6-2-1-4-10(14)13-15/h1-2,4,6H,3,7-9H2. The number of rotatable bonds is 5. The molecule has 0 radical (unpaired) electrons. The topological polar surface area (TPSA) is 63.1 Å². The molecule has 0 atom stereocenters. The third-order valence-electron chi connectivity index (χ3n) is 2.31. The summed E-state index contributed by atoms with van der Waals surface area (Å²) in [4.78, 5) is 11.9. The van der Waals surface area contributed by atoms with Crippen molar-refractivity contribution in [3.05, 3.63) is 34.9 Å². The third-order valence-corrected chi connectivity index (χ3v) is 3.22. The summed E-state index contributed by atoms with van der Waals surface area (Å²) in [6.45, 7) is 0.596. The van der Waals surface area contributed by atoms with Crippen molar-refractivity contribution >= 4 is 17.4 Å². The van der Waals surface area contributed by atoms with Gasteiger partial charge in [0.25, 0.3) is 0 Å². The molecule has 0 aliphatic carbocycles. The molecule has 6 heteroatoms. The number of pyridine rings is 1. The van der Waals surface area contributed by atoms with Gasteiger partial charge in [0.2, 0.25) is 0 Å². The van der Waals surface area contributed by atoms with E-state index in [4.69, 9.17) is 5.26 Å². The average Bonchev–Trinajstić information content (AvgIpc) is 2.67. The fourth-order valence-corrected chi connectivity index (χ4v) is 2.12. The van der Waals surface area contributed by atoms with Crippen LogP contribution in [0.15, 0.2) is 29.2 Å². The maximum absolute atomic E-state index is 11.9. The monoisotopic (exact) mass is 248 g/mol. The van der Waals surface area contributed by atoms with Gasteiger partial charge in [0, 0.05) is 12.7 Å². The van der Waals surface area contributed by atoms with Gasteiger partial charge >= 0.3 is 5.69 Å². The minimum absolute atomic E-state index is 0.106. The van der Waals surface area contributed by atoms with E-state index in [0.717, 1.165) is 12.2 Å². The van der Waals surface area contributed by atoms with Crippen LogP contribution in [-0.2, 0) is 6.54 Å². The van der Waals surface area contributed by atoms with Crippen LogP contribution in [0.2, 0.25) is 0 Å². The fraction of sp³-hybridized carbons (Fsp3) is 0.364. The molecular weight excluding hydrogens is 236 g/mol. The first kappa shape index (κ1) is 11.7. The highest BCUT2D eigenvalue weighted by Gasteiger charge is 2.04. The molecule has 5 nitrogen and oxygen atoms in total. The van der Waals surface area contributed by atoms with Gasteiger partial charge in [-0.25, -0.2) is 9.48 Å². The molecule has 0 saturated carbocycles. The summed E-state index contributed by atoms with van der Waals surface area (Å²) in [5.74, 6) is 1.37. The number of fused-ring (bicyclic) bond motifs is 1. The Hall–Kier alpha value is -1.74. The molecule has 2 aromatic rings. The number of hydrogen-bond donors (Lipinski definition) is 0. The summed E-state index contributed by atoms with van der Waals surface area (Å²) in [5.41, 5.74) is 0.563. The minimum Gasteiger partial charge on any atom is -0.250 e. The van der Waals surface area contributed by atoms with Crippen LogP contribution in [0.3, 0.4) is 0 Å². The molecule has 0 bridgehead atoms. The van der Waals surface area contributed by atoms with Crippen LogP contribution in [0.25, 0.3) is 5.65 Å². The summed E-state index contributed by atoms with van der Waals surface area (Å²) < 4.78 is 3.00. The number of nitrogens with zero attached hydrogens (tertiary/aromatic N) is 4. The van der Waals surface area contributed by atoms with E-state index < -0.39 is 0 Å². The zero-order valence-corrected chi connectivity index (χ0v) is 10.1. The van der Waals surface area contributed by atoms with Gasteiger partial charge < -0.3 is 0 Å². The van der Waals surface area contributed by atoms with Gasteiger partial charge in [0.15, 0.2) is 5.65 Å². The summed E-state index contributed by atoms with van der Waals surface area (Å²) in [6.07, 6.45) is 2.56. The van der Waals surface area contributed by atoms with Gasteiger partial charge in [-0.2, -0.15) is 5.26 Å². The quantitative estimate of drug-likeness (QED) is 0.744. The van der Waals surface area contributed by atoms with E-state index >= 15 is 0 Å². The van der Waals surface area contributed by atoms with Crippen molar-refractivity contribution in [1.82, 2.24) is 14.2 Å². The highest BCUT2D eigenvalue weighted by molar-refractivity contribution is 7.99. The second-order valence-electron chi connectivity index (χ2n) is 3.50. The lowest BCUT2D eigenvalue weighted by molar-refractivity contribution is 0.585. The zero-order valence-electron chi connectivity index (χ0n) is 9.24. The zero-order chi connectivity index (χ0) is 12.1. The van der Waals surface area contributed by atoms with Crippen molar-refractivity contribution in [2.75, 3.05) is 11.5 Å². The van der Waals surface area contributed by atoms with E-state index in [-0.39, 0.29) is 5.69 Å². The molecule has 0 unspecified atom stereocenters. The Morgan fingerprint density at radius 1 is 1.47 bits per heavy atom. The van der Waals surface area contributed by atoms with Crippen molar-refractivity contribution in [3.8, 4) is 6.07 Å². The molecule has 88 valence electrons. The highest BCUT2D eigenvalue weighted by Crippen LogP contribution is 2.02. The van der Waals surface area contributed by atoms with Crippen LogP contribution in [0.4, 0.5) is 0 Å². The molecule has 0 fully saturated rings. The average molecular weight is 248 g/mol. The van der Waals surface area contributed by atoms with Gasteiger partial charge in [-0.15, -0.1) is 16.9 Å². The molecule has 0 aliphatic rings. The molecule has 2 heterocycles. The summed E-state index contributed by atoms with van der Waals surface area (Å²) in [7, 11) is 0. The molecule has 0 amide bonds. The van der Waals surface area contributed by atoms with Crippen molar-refractivity contribution < 1.29 is 0 Å². The van der Waals surface area contributed by atoms with E-state index in [1.807, 2.05) is 18.2 Å². The second-order valence-corrected chi connectivity index (χ2v) is 4.60. The highest BCUT2D eigenvalue weighted by atomic mass is 32.2. The lowest BCUT2D eigenvalue weighted by Gasteiger charge is -1.97. The number of aryl methyl sites for hydroxylation is 1. The largest absolute Gasteiger partial charge is 0.350 e. The Labute approximate surface area is 103 Å². The van der Waals surface area contributed by atoms with Crippen LogP contribution in [-0.4, -0.2) is 25.7 Å². The van der Waals surface area contributed by atoms with E-state index in [0.29, 0.717) is 17.9 Å². The Morgan fingerprint density at radius 3 is 3.12 bits per heavy atom. The lowest BCUT2D eigenvalue weighted by Crippen LogP contribution is -2.21. The molecular formula is C11H12N4OS. The summed E-state index contributed by atoms with van der Waals surface area (Å²) >= 11 is 1.57. The van der Waals surface area contributed by atoms with E-state index in [1.54, 1.807) is 18.0 Å². The normalized spacial score (nSPS) is 10.5. The fourth-order valence-electron chi connectivity index (χ4n) is 1.55. The molecule has 0 aliphatic heterocycles. The number of nitriles is 1. The van der Waals surface area contributed by atoms with Gasteiger partial charge in [-0.1, -0.05) is 6.07 Å². The lowest BCUT2D eigenvalue weighted by atomic mass is 10.5. The van der Waals surface area contributed by atoms with Gasteiger partial charge in [-0.3, -0.25) is 4.40 Å². The maximum atomic E-state index is 11.9. The van der Waals surface area contributed by atoms with Gasteiger partial charge in [0.05, 0.1) is 11.8 Å². The molecule has 2 aromatic heterocycles. The first-order valence-corrected chi connectivity index (χ1v) is 6.47. The molecule has 0 aromatic carbocycles. The molecule has 0 N–H and O–H groups in total. The van der Waals surface area contributed by atoms with Crippen molar-refractivity contribution in [1.29, 1.82) is 5.26 Å². The van der Waals surface area contributed by atoms with Crippen molar-refractivity contribution in [3.63, 3.8) is 0 Å². The van der Waals surface area contributed by atoms with Crippen LogP contribution >= 0.6 is 11.8 Å². The summed E-state index contributed by atoms with van der Waals surface area (Å²) in [5, 5.41) is 12.6. The third kappa shape index (κ3) is 2.68. The first-order valence-electron chi connectivity index (χ1n) is 5.32. The van der Waals surface area contributed by atoms with Crippen molar-refractivity contribution in [2.24, 2.45) is 0 Å². The predicted molar refractivity (Wildman–Crippen MR) is 67.0 cm³/mol.